The van der Waals surface area contributed by atoms with Crippen LogP contribution >= 0.6 is 0 Å². The fourth-order valence-electron chi connectivity index (χ4n) is 2.35. The summed E-state index contributed by atoms with van der Waals surface area (Å²) in [5.74, 6) is -1.46. The largest absolute Gasteiger partial charge is 0.486 e. The number of nitrogens with zero attached hydrogens (tertiary/aromatic N) is 2. The number of carboxylic acids is 1. The van der Waals surface area contributed by atoms with Crippen LogP contribution in [0.2, 0.25) is 0 Å². The average Bonchev–Trinajstić information content (AvgIpc) is 2.60. The predicted molar refractivity (Wildman–Crippen MR) is 91.7 cm³/mol. The van der Waals surface area contributed by atoms with Gasteiger partial charge >= 0.3 is 5.97 Å². The molecule has 0 aliphatic carbocycles. The van der Waals surface area contributed by atoms with Gasteiger partial charge in [-0.1, -0.05) is 6.92 Å². The number of fused-ring (bicyclic) bond motifs is 1. The van der Waals surface area contributed by atoms with Gasteiger partial charge in [0.15, 0.2) is 11.5 Å². The van der Waals surface area contributed by atoms with Crippen molar-refractivity contribution in [2.24, 2.45) is 5.92 Å². The van der Waals surface area contributed by atoms with Crippen molar-refractivity contribution < 1.29 is 32.6 Å². The maximum atomic E-state index is 12.7. The molecule has 0 bridgehead atoms. The molecule has 2 rings (SSSR count). The molecule has 0 saturated heterocycles. The van der Waals surface area contributed by atoms with Crippen molar-refractivity contribution >= 4 is 21.9 Å². The van der Waals surface area contributed by atoms with Crippen molar-refractivity contribution in [2.45, 2.75) is 11.8 Å². The van der Waals surface area contributed by atoms with E-state index in [1.807, 2.05) is 0 Å². The normalized spacial score (nSPS) is 14.8. The zero-order chi connectivity index (χ0) is 19.5. The van der Waals surface area contributed by atoms with Crippen molar-refractivity contribution in [1.29, 1.82) is 0 Å². The first-order valence-corrected chi connectivity index (χ1v) is 9.39. The van der Waals surface area contributed by atoms with Crippen LogP contribution in [0.15, 0.2) is 23.1 Å². The Kier molecular flexibility index (Phi) is 6.09. The summed E-state index contributed by atoms with van der Waals surface area (Å²) in [5.41, 5.74) is 0. The second kappa shape index (κ2) is 7.92. The van der Waals surface area contributed by atoms with E-state index in [-0.39, 0.29) is 11.4 Å². The molecule has 1 aliphatic rings. The average molecular weight is 386 g/mol. The topological polar surface area (TPSA) is 113 Å². The summed E-state index contributed by atoms with van der Waals surface area (Å²) in [6.45, 7) is 1.79. The third kappa shape index (κ3) is 4.44. The van der Waals surface area contributed by atoms with Gasteiger partial charge in [-0.05, 0) is 12.1 Å². The van der Waals surface area contributed by atoms with Crippen LogP contribution in [-0.4, -0.2) is 75.0 Å². The maximum absolute atomic E-state index is 12.7. The van der Waals surface area contributed by atoms with Gasteiger partial charge in [-0.2, -0.15) is 4.31 Å². The zero-order valence-electron chi connectivity index (χ0n) is 14.8. The molecule has 0 fully saturated rings. The number of carboxylic acid groups (broad SMARTS) is 1. The molecule has 1 atom stereocenters. The first kappa shape index (κ1) is 20.0. The Morgan fingerprint density at radius 2 is 1.81 bits per heavy atom. The molecule has 0 unspecified atom stereocenters. The quantitative estimate of drug-likeness (QED) is 0.715. The molecule has 0 saturated carbocycles. The molecule has 26 heavy (non-hydrogen) atoms. The van der Waals surface area contributed by atoms with E-state index in [4.69, 9.17) is 14.6 Å². The minimum absolute atomic E-state index is 0.00786. The lowest BCUT2D eigenvalue weighted by atomic mass is 10.2. The smallest absolute Gasteiger partial charge is 0.308 e. The van der Waals surface area contributed by atoms with Gasteiger partial charge in [-0.25, -0.2) is 8.42 Å². The summed E-state index contributed by atoms with van der Waals surface area (Å²) in [5, 5.41) is 8.90. The van der Waals surface area contributed by atoms with Gasteiger partial charge in [0.1, 0.15) is 13.2 Å². The van der Waals surface area contributed by atoms with E-state index in [9.17, 15) is 18.0 Å². The molecule has 144 valence electrons. The van der Waals surface area contributed by atoms with Crippen molar-refractivity contribution in [1.82, 2.24) is 9.21 Å². The standard InChI is InChI=1S/C16H22N2O7S/c1-11(16(20)21)9-17(2)15(19)10-18(3)26(22,23)12-4-5-13-14(8-12)25-7-6-24-13/h4-5,8,11H,6-7,9-10H2,1-3H3,(H,20,21)/t11-/m1/s1. The molecule has 1 aromatic rings. The number of hydrogen-bond acceptors (Lipinski definition) is 6. The molecule has 1 amide bonds. The first-order chi connectivity index (χ1) is 12.1. The highest BCUT2D eigenvalue weighted by molar-refractivity contribution is 7.89. The van der Waals surface area contributed by atoms with Crippen molar-refractivity contribution in [3.63, 3.8) is 0 Å². The third-order valence-electron chi connectivity index (χ3n) is 3.97. The Hall–Kier alpha value is -2.33. The van der Waals surface area contributed by atoms with Crippen LogP contribution < -0.4 is 9.47 Å². The Balaban J connectivity index is 2.09. The van der Waals surface area contributed by atoms with Gasteiger partial charge in [0.2, 0.25) is 15.9 Å². The summed E-state index contributed by atoms with van der Waals surface area (Å²) in [4.78, 5) is 24.3. The van der Waals surface area contributed by atoms with Gasteiger partial charge in [0, 0.05) is 26.7 Å². The minimum atomic E-state index is -3.91. The molecule has 1 aliphatic heterocycles. The van der Waals surface area contributed by atoms with Gasteiger partial charge in [0.25, 0.3) is 0 Å². The van der Waals surface area contributed by atoms with Crippen LogP contribution in [0.25, 0.3) is 0 Å². The summed E-state index contributed by atoms with van der Waals surface area (Å²) in [6.07, 6.45) is 0. The number of benzene rings is 1. The van der Waals surface area contributed by atoms with Crippen LogP contribution in [0, 0.1) is 5.92 Å². The van der Waals surface area contributed by atoms with Crippen molar-refractivity contribution in [3.05, 3.63) is 18.2 Å². The number of ether oxygens (including phenoxy) is 2. The molecule has 0 aromatic heterocycles. The molecule has 9 nitrogen and oxygen atoms in total. The predicted octanol–water partition coefficient (Wildman–Crippen LogP) is 0.257. The lowest BCUT2D eigenvalue weighted by Crippen LogP contribution is -2.41. The zero-order valence-corrected chi connectivity index (χ0v) is 15.7. The molecule has 0 radical (unpaired) electrons. The minimum Gasteiger partial charge on any atom is -0.486 e. The summed E-state index contributed by atoms with van der Waals surface area (Å²) >= 11 is 0. The van der Waals surface area contributed by atoms with Gasteiger partial charge in [-0.15, -0.1) is 0 Å². The van der Waals surface area contributed by atoms with E-state index < -0.39 is 34.4 Å². The van der Waals surface area contributed by atoms with Crippen molar-refractivity contribution in [3.8, 4) is 11.5 Å². The number of sulfonamides is 1. The van der Waals surface area contributed by atoms with Crippen molar-refractivity contribution in [2.75, 3.05) is 40.4 Å². The third-order valence-corrected chi connectivity index (χ3v) is 5.77. The lowest BCUT2D eigenvalue weighted by molar-refractivity contribution is -0.142. The van der Waals surface area contributed by atoms with E-state index in [1.54, 1.807) is 0 Å². The molecule has 1 aromatic carbocycles. The van der Waals surface area contributed by atoms with Gasteiger partial charge < -0.3 is 19.5 Å². The number of amides is 1. The summed E-state index contributed by atoms with van der Waals surface area (Å²) in [6, 6.07) is 4.26. The number of carbonyl (C=O) groups excluding carboxylic acids is 1. The fourth-order valence-corrected chi connectivity index (χ4v) is 3.49. The van der Waals surface area contributed by atoms with Crippen LogP contribution in [0.1, 0.15) is 6.92 Å². The Morgan fingerprint density at radius 3 is 2.42 bits per heavy atom. The van der Waals surface area contributed by atoms with E-state index >= 15 is 0 Å². The second-order valence-corrected chi connectivity index (χ2v) is 8.12. The second-order valence-electron chi connectivity index (χ2n) is 6.08. The van der Waals surface area contributed by atoms with E-state index in [1.165, 1.54) is 44.1 Å². The number of aliphatic carboxylic acids is 1. The van der Waals surface area contributed by atoms with E-state index in [2.05, 4.69) is 0 Å². The highest BCUT2D eigenvalue weighted by atomic mass is 32.2. The Bertz CT molecular complexity index is 794. The molecule has 1 heterocycles. The molecular formula is C16H22N2O7S. The molecular weight excluding hydrogens is 364 g/mol. The van der Waals surface area contributed by atoms with Gasteiger partial charge in [-0.3, -0.25) is 9.59 Å². The van der Waals surface area contributed by atoms with E-state index in [0.29, 0.717) is 24.7 Å². The van der Waals surface area contributed by atoms with E-state index in [0.717, 1.165) is 4.31 Å². The summed E-state index contributed by atoms with van der Waals surface area (Å²) < 4.78 is 37.0. The monoisotopic (exact) mass is 386 g/mol. The number of hydrogen-bond donors (Lipinski definition) is 1. The lowest BCUT2D eigenvalue weighted by Gasteiger charge is -2.24. The highest BCUT2D eigenvalue weighted by Crippen LogP contribution is 2.32. The van der Waals surface area contributed by atoms with Crippen LogP contribution in [0.5, 0.6) is 11.5 Å². The number of likely N-dealkylation sites (N-methyl/N-ethyl adjacent to an activating group) is 2. The molecule has 0 spiro atoms. The SMILES string of the molecule is C[C@H](CN(C)C(=O)CN(C)S(=O)(=O)c1ccc2c(c1)OCCO2)C(=O)O. The van der Waals surface area contributed by atoms with Gasteiger partial charge in [0.05, 0.1) is 17.4 Å². The maximum Gasteiger partial charge on any atom is 0.308 e. The fraction of sp³-hybridized carbons (Fsp3) is 0.500. The number of rotatable bonds is 7. The van der Waals surface area contributed by atoms with Crippen LogP contribution in [0.4, 0.5) is 0 Å². The molecule has 1 N–H and O–H groups in total. The Labute approximate surface area is 152 Å². The number of carbonyl (C=O) groups is 2. The first-order valence-electron chi connectivity index (χ1n) is 7.95. The van der Waals surface area contributed by atoms with Crippen LogP contribution in [0.3, 0.4) is 0 Å². The highest BCUT2D eigenvalue weighted by Gasteiger charge is 2.27. The van der Waals surface area contributed by atoms with Crippen LogP contribution in [-0.2, 0) is 19.6 Å². The Morgan fingerprint density at radius 1 is 1.19 bits per heavy atom. The summed E-state index contributed by atoms with van der Waals surface area (Å²) in [7, 11) is -1.18. The molecule has 10 heteroatoms.